The Hall–Kier alpha value is -5.20. The summed E-state index contributed by atoms with van der Waals surface area (Å²) in [4.78, 5) is 88.6. The van der Waals surface area contributed by atoms with Crippen molar-refractivity contribution in [1.29, 1.82) is 0 Å². The van der Waals surface area contributed by atoms with E-state index in [9.17, 15) is 24.0 Å². The molecule has 0 spiro atoms. The summed E-state index contributed by atoms with van der Waals surface area (Å²) in [5.74, 6) is -1.18. The van der Waals surface area contributed by atoms with Crippen LogP contribution in [0.25, 0.3) is 11.4 Å². The van der Waals surface area contributed by atoms with Gasteiger partial charge in [-0.1, -0.05) is 0 Å². The molecule has 3 aromatic heterocycles. The molecule has 0 radical (unpaired) electrons. The van der Waals surface area contributed by atoms with Gasteiger partial charge in [-0.25, -0.2) is 0 Å². The molecule has 0 aliphatic carbocycles. The van der Waals surface area contributed by atoms with Crippen LogP contribution in [0, 0.1) is 6.92 Å². The van der Waals surface area contributed by atoms with Crippen LogP contribution >= 0.6 is 0 Å². The number of nitrogens with zero attached hydrogens (tertiary/aromatic N) is 7. The molecule has 0 bridgehead atoms. The molecular formula is C37H42N8O5. The first kappa shape index (κ1) is 33.3. The maximum atomic E-state index is 14.2. The minimum atomic E-state index is -0.697. The number of amides is 5. The third kappa shape index (κ3) is 6.56. The van der Waals surface area contributed by atoms with Gasteiger partial charge in [-0.05, 0) is 100 Å². The molecule has 13 nitrogen and oxygen atoms in total. The number of nitrogens with one attached hydrogen (secondary N) is 1. The normalized spacial score (nSPS) is 23.4. The van der Waals surface area contributed by atoms with Crippen LogP contribution in [0.1, 0.15) is 67.3 Å². The van der Waals surface area contributed by atoms with E-state index in [0.29, 0.717) is 100 Å². The highest BCUT2D eigenvalue weighted by Crippen LogP contribution is 2.31. The average Bonchev–Trinajstić information content (AvgIpc) is 3.98. The van der Waals surface area contributed by atoms with Crippen LogP contribution in [-0.4, -0.2) is 114 Å². The molecule has 7 rings (SSSR count). The topological polar surface area (TPSA) is 149 Å². The van der Waals surface area contributed by atoms with Gasteiger partial charge in [0.1, 0.15) is 24.2 Å². The highest BCUT2D eigenvalue weighted by atomic mass is 16.2. The minimum Gasteiger partial charge on any atom is -0.329 e. The van der Waals surface area contributed by atoms with Crippen molar-refractivity contribution in [3.05, 3.63) is 72.3 Å². The molecule has 4 fully saturated rings. The average molecular weight is 679 g/mol. The van der Waals surface area contributed by atoms with E-state index in [1.165, 1.54) is 0 Å². The number of carbonyl (C=O) groups is 5. The van der Waals surface area contributed by atoms with Crippen molar-refractivity contribution in [3.8, 4) is 11.4 Å². The van der Waals surface area contributed by atoms with E-state index >= 15 is 0 Å². The first-order valence-corrected chi connectivity index (χ1v) is 17.6. The molecule has 0 unspecified atom stereocenters. The standard InChI is InChI=1S/C37H42N8O5/c1-24-10-16-39-27(22-24)28-23-25(11-17-40-28)34(47)43-19-3-7-30(43)36(49)45-21-5-9-32(45)37(50)44-20-4-8-31(44)35(48)42-18-2-6-29(42)33(46)41-26-12-14-38-15-13-26/h10-17,22-23,29-32H,2-9,18-21H2,1H3,(H,38,41,46)/t29-,30-,31-,32-/m0/s1. The summed E-state index contributed by atoms with van der Waals surface area (Å²) in [5.41, 5.74) is 3.32. The second kappa shape index (κ2) is 14.3. The van der Waals surface area contributed by atoms with E-state index < -0.39 is 24.2 Å². The molecule has 1 N–H and O–H groups in total. The van der Waals surface area contributed by atoms with E-state index in [1.807, 2.05) is 19.1 Å². The molecule has 5 amide bonds. The Balaban J connectivity index is 1.03. The number of hydrogen-bond acceptors (Lipinski definition) is 8. The summed E-state index contributed by atoms with van der Waals surface area (Å²) in [6.45, 7) is 3.70. The van der Waals surface area contributed by atoms with Crippen LogP contribution in [0.5, 0.6) is 0 Å². The molecule has 13 heteroatoms. The van der Waals surface area contributed by atoms with Crippen molar-refractivity contribution < 1.29 is 24.0 Å². The minimum absolute atomic E-state index is 0.218. The van der Waals surface area contributed by atoms with Gasteiger partial charge < -0.3 is 24.9 Å². The first-order chi connectivity index (χ1) is 24.3. The molecule has 7 heterocycles. The zero-order valence-corrected chi connectivity index (χ0v) is 28.2. The number of anilines is 1. The lowest BCUT2D eigenvalue weighted by Crippen LogP contribution is -2.57. The van der Waals surface area contributed by atoms with Crippen molar-refractivity contribution in [1.82, 2.24) is 34.6 Å². The number of pyridine rings is 3. The van der Waals surface area contributed by atoms with E-state index in [4.69, 9.17) is 0 Å². The zero-order valence-electron chi connectivity index (χ0n) is 28.2. The Morgan fingerprint density at radius 1 is 0.600 bits per heavy atom. The number of aryl methyl sites for hydroxylation is 1. The first-order valence-electron chi connectivity index (χ1n) is 17.6. The fourth-order valence-electron chi connectivity index (χ4n) is 7.92. The quantitative estimate of drug-likeness (QED) is 0.401. The van der Waals surface area contributed by atoms with Crippen molar-refractivity contribution >= 4 is 35.2 Å². The zero-order chi connectivity index (χ0) is 34.8. The molecule has 0 aromatic carbocycles. The maximum Gasteiger partial charge on any atom is 0.254 e. The summed E-state index contributed by atoms with van der Waals surface area (Å²) >= 11 is 0. The second-order valence-electron chi connectivity index (χ2n) is 13.6. The highest BCUT2D eigenvalue weighted by molar-refractivity contribution is 6.01. The third-order valence-electron chi connectivity index (χ3n) is 10.4. The van der Waals surface area contributed by atoms with Gasteiger partial charge in [0.05, 0.1) is 11.4 Å². The van der Waals surface area contributed by atoms with Crippen LogP contribution in [0.2, 0.25) is 0 Å². The molecule has 50 heavy (non-hydrogen) atoms. The SMILES string of the molecule is Cc1ccnc(-c2cc(C(=O)N3CCC[C@H]3C(=O)N3CCC[C@H]3C(=O)N3CCC[C@H]3C(=O)N3CCC[C@H]3C(=O)Nc3ccncc3)ccn2)c1. The number of carbonyl (C=O) groups excluding carboxylic acids is 5. The van der Waals surface area contributed by atoms with E-state index in [-0.39, 0.29) is 29.5 Å². The third-order valence-corrected chi connectivity index (χ3v) is 10.4. The van der Waals surface area contributed by atoms with Gasteiger partial charge in [0.15, 0.2) is 0 Å². The van der Waals surface area contributed by atoms with Crippen LogP contribution in [0.4, 0.5) is 5.69 Å². The lowest BCUT2D eigenvalue weighted by molar-refractivity contribution is -0.151. The van der Waals surface area contributed by atoms with Gasteiger partial charge in [0.25, 0.3) is 5.91 Å². The summed E-state index contributed by atoms with van der Waals surface area (Å²) < 4.78 is 0. The molecule has 0 saturated carbocycles. The Morgan fingerprint density at radius 3 is 1.66 bits per heavy atom. The highest BCUT2D eigenvalue weighted by Gasteiger charge is 2.47. The van der Waals surface area contributed by atoms with Gasteiger partial charge in [0.2, 0.25) is 23.6 Å². The molecule has 4 saturated heterocycles. The van der Waals surface area contributed by atoms with Gasteiger partial charge >= 0.3 is 0 Å². The number of likely N-dealkylation sites (tertiary alicyclic amines) is 4. The maximum absolute atomic E-state index is 14.2. The summed E-state index contributed by atoms with van der Waals surface area (Å²) in [6.07, 6.45) is 11.3. The molecule has 4 aliphatic heterocycles. The monoisotopic (exact) mass is 678 g/mol. The smallest absolute Gasteiger partial charge is 0.254 e. The van der Waals surface area contributed by atoms with Crippen molar-refractivity contribution in [2.45, 2.75) is 82.5 Å². The lowest BCUT2D eigenvalue weighted by Gasteiger charge is -2.35. The molecule has 4 atom stereocenters. The fraction of sp³-hybridized carbons (Fsp3) is 0.459. The molecule has 4 aliphatic rings. The van der Waals surface area contributed by atoms with Gasteiger partial charge in [-0.2, -0.15) is 0 Å². The van der Waals surface area contributed by atoms with Crippen molar-refractivity contribution in [3.63, 3.8) is 0 Å². The van der Waals surface area contributed by atoms with Crippen molar-refractivity contribution in [2.75, 3.05) is 31.5 Å². The van der Waals surface area contributed by atoms with Crippen LogP contribution in [-0.2, 0) is 19.2 Å². The van der Waals surface area contributed by atoms with E-state index in [0.717, 1.165) is 5.56 Å². The Bertz CT molecular complexity index is 1790. The summed E-state index contributed by atoms with van der Waals surface area (Å²) in [7, 11) is 0. The molecule has 3 aromatic rings. The van der Waals surface area contributed by atoms with Crippen molar-refractivity contribution in [2.24, 2.45) is 0 Å². The number of hydrogen-bond donors (Lipinski definition) is 1. The van der Waals surface area contributed by atoms with Gasteiger partial charge in [0, 0.05) is 62.2 Å². The summed E-state index contributed by atoms with van der Waals surface area (Å²) in [5, 5.41) is 2.89. The largest absolute Gasteiger partial charge is 0.329 e. The van der Waals surface area contributed by atoms with Crippen LogP contribution < -0.4 is 5.32 Å². The van der Waals surface area contributed by atoms with Gasteiger partial charge in [-0.15, -0.1) is 0 Å². The van der Waals surface area contributed by atoms with Crippen LogP contribution in [0.15, 0.2) is 61.2 Å². The van der Waals surface area contributed by atoms with Gasteiger partial charge in [-0.3, -0.25) is 38.9 Å². The lowest BCUT2D eigenvalue weighted by atomic mass is 10.1. The summed E-state index contributed by atoms with van der Waals surface area (Å²) in [6, 6.07) is 7.90. The fourth-order valence-corrected chi connectivity index (χ4v) is 7.92. The Morgan fingerprint density at radius 2 is 1.08 bits per heavy atom. The predicted molar refractivity (Wildman–Crippen MR) is 183 cm³/mol. The second-order valence-corrected chi connectivity index (χ2v) is 13.6. The Labute approximate surface area is 291 Å². The Kier molecular flexibility index (Phi) is 9.55. The number of rotatable bonds is 7. The molecular weight excluding hydrogens is 636 g/mol. The molecule has 260 valence electrons. The predicted octanol–water partition coefficient (Wildman–Crippen LogP) is 3.06. The van der Waals surface area contributed by atoms with E-state index in [2.05, 4.69) is 20.3 Å². The number of aromatic nitrogens is 3. The van der Waals surface area contributed by atoms with E-state index in [1.54, 1.807) is 68.7 Å². The van der Waals surface area contributed by atoms with Crippen LogP contribution in [0.3, 0.4) is 0 Å².